The fraction of sp³-hybridized carbons (Fsp3) is 0.867. The second-order valence-electron chi connectivity index (χ2n) is 5.91. The van der Waals surface area contributed by atoms with Gasteiger partial charge in [0, 0.05) is 32.2 Å². The molecule has 0 bridgehead atoms. The molecule has 1 saturated heterocycles. The Balaban J connectivity index is 1.68. The second-order valence-corrected chi connectivity index (χ2v) is 5.91. The summed E-state index contributed by atoms with van der Waals surface area (Å²) in [4.78, 5) is 16.4. The molecule has 2 fully saturated rings. The zero-order valence-corrected chi connectivity index (χ0v) is 12.5. The van der Waals surface area contributed by atoms with E-state index in [1.54, 1.807) is 0 Å². The lowest BCUT2D eigenvalue weighted by atomic mass is 10.2. The van der Waals surface area contributed by atoms with E-state index in [0.717, 1.165) is 45.4 Å². The molecule has 1 unspecified atom stereocenters. The molecule has 20 heavy (non-hydrogen) atoms. The number of carbonyl (C=O) groups excluding carboxylic acids is 1. The summed E-state index contributed by atoms with van der Waals surface area (Å²) in [5.74, 6) is 0.165. The van der Waals surface area contributed by atoms with Crippen molar-refractivity contribution >= 4 is 5.91 Å². The Morgan fingerprint density at radius 1 is 1.30 bits per heavy atom. The molecule has 5 nitrogen and oxygen atoms in total. The highest BCUT2D eigenvalue weighted by atomic mass is 16.2. The van der Waals surface area contributed by atoms with Crippen molar-refractivity contribution in [2.24, 2.45) is 0 Å². The number of nitrogens with zero attached hydrogens (tertiary/aromatic N) is 3. The lowest BCUT2D eigenvalue weighted by molar-refractivity contribution is -0.123. The van der Waals surface area contributed by atoms with E-state index in [1.807, 2.05) is 0 Å². The zero-order valence-electron chi connectivity index (χ0n) is 12.5. The van der Waals surface area contributed by atoms with E-state index in [4.69, 9.17) is 5.26 Å². The van der Waals surface area contributed by atoms with E-state index in [9.17, 15) is 4.79 Å². The van der Waals surface area contributed by atoms with Crippen molar-refractivity contribution < 1.29 is 4.79 Å². The van der Waals surface area contributed by atoms with Crippen LogP contribution in [0.15, 0.2) is 0 Å². The van der Waals surface area contributed by atoms with Gasteiger partial charge in [-0.15, -0.1) is 0 Å². The third-order valence-corrected chi connectivity index (χ3v) is 4.47. The molecule has 1 aliphatic carbocycles. The smallest absolute Gasteiger partial charge is 0.234 e. The van der Waals surface area contributed by atoms with E-state index in [-0.39, 0.29) is 11.9 Å². The molecule has 1 heterocycles. The van der Waals surface area contributed by atoms with Gasteiger partial charge in [0.1, 0.15) is 0 Å². The Labute approximate surface area is 121 Å². The molecule has 0 aromatic rings. The summed E-state index contributed by atoms with van der Waals surface area (Å²) < 4.78 is 0. The van der Waals surface area contributed by atoms with Crippen molar-refractivity contribution in [1.82, 2.24) is 15.1 Å². The highest BCUT2D eigenvalue weighted by Gasteiger charge is 2.24. The number of nitriles is 1. The number of hydrogen-bond acceptors (Lipinski definition) is 4. The molecule has 1 N–H and O–H groups in total. The predicted molar refractivity (Wildman–Crippen MR) is 78.1 cm³/mol. The summed E-state index contributed by atoms with van der Waals surface area (Å²) in [7, 11) is 0. The quantitative estimate of drug-likeness (QED) is 0.814. The average Bonchev–Trinajstić information content (AvgIpc) is 2.94. The number of rotatable bonds is 5. The van der Waals surface area contributed by atoms with E-state index in [1.165, 1.54) is 12.8 Å². The zero-order chi connectivity index (χ0) is 14.4. The van der Waals surface area contributed by atoms with Crippen LogP contribution in [-0.2, 0) is 4.79 Å². The highest BCUT2D eigenvalue weighted by Crippen LogP contribution is 2.17. The summed E-state index contributed by atoms with van der Waals surface area (Å²) in [6.45, 7) is 6.11. The number of carbonyl (C=O) groups is 1. The van der Waals surface area contributed by atoms with Gasteiger partial charge in [-0.3, -0.25) is 14.6 Å². The summed E-state index contributed by atoms with van der Waals surface area (Å²) in [6.07, 6.45) is 5.64. The van der Waals surface area contributed by atoms with Crippen molar-refractivity contribution in [2.45, 2.75) is 51.1 Å². The molecule has 0 spiro atoms. The van der Waals surface area contributed by atoms with Crippen LogP contribution in [0.2, 0.25) is 0 Å². The van der Waals surface area contributed by atoms with Crippen LogP contribution in [0, 0.1) is 11.3 Å². The lowest BCUT2D eigenvalue weighted by Gasteiger charge is -2.36. The van der Waals surface area contributed by atoms with Crippen LogP contribution in [0.25, 0.3) is 0 Å². The first kappa shape index (κ1) is 15.3. The van der Waals surface area contributed by atoms with Gasteiger partial charge in [0.25, 0.3) is 0 Å². The van der Waals surface area contributed by atoms with Gasteiger partial charge in [-0.25, -0.2) is 0 Å². The molecule has 2 aliphatic rings. The van der Waals surface area contributed by atoms with Crippen molar-refractivity contribution in [2.75, 3.05) is 32.7 Å². The van der Waals surface area contributed by atoms with Crippen LogP contribution in [0.1, 0.15) is 39.0 Å². The Bertz CT molecular complexity index is 351. The number of piperazine rings is 1. The maximum atomic E-state index is 12.0. The molecule has 2 rings (SSSR count). The SMILES string of the molecule is CCC(C#N)N1CCN(CC(=O)NC2CCCC2)CC1. The van der Waals surface area contributed by atoms with Crippen LogP contribution in [0.5, 0.6) is 0 Å². The number of hydrogen-bond donors (Lipinski definition) is 1. The fourth-order valence-corrected chi connectivity index (χ4v) is 3.21. The van der Waals surface area contributed by atoms with Crippen molar-refractivity contribution in [3.05, 3.63) is 0 Å². The normalized spacial score (nSPS) is 23.4. The first-order valence-corrected chi connectivity index (χ1v) is 7.88. The highest BCUT2D eigenvalue weighted by molar-refractivity contribution is 5.78. The minimum Gasteiger partial charge on any atom is -0.352 e. The second kappa shape index (κ2) is 7.61. The number of amides is 1. The van der Waals surface area contributed by atoms with E-state index in [0.29, 0.717) is 12.6 Å². The maximum Gasteiger partial charge on any atom is 0.234 e. The van der Waals surface area contributed by atoms with Crippen molar-refractivity contribution in [1.29, 1.82) is 5.26 Å². The van der Waals surface area contributed by atoms with Crippen LogP contribution in [0.4, 0.5) is 0 Å². The summed E-state index contributed by atoms with van der Waals surface area (Å²) in [5.41, 5.74) is 0. The molecule has 112 valence electrons. The van der Waals surface area contributed by atoms with E-state index < -0.39 is 0 Å². The molecule has 1 amide bonds. The van der Waals surface area contributed by atoms with Crippen molar-refractivity contribution in [3.8, 4) is 6.07 Å². The average molecular weight is 278 g/mol. The van der Waals surface area contributed by atoms with Crippen molar-refractivity contribution in [3.63, 3.8) is 0 Å². The first-order valence-electron chi connectivity index (χ1n) is 7.88. The van der Waals surface area contributed by atoms with Gasteiger partial charge >= 0.3 is 0 Å². The maximum absolute atomic E-state index is 12.0. The molecule has 5 heteroatoms. The molecule has 1 atom stereocenters. The van der Waals surface area contributed by atoms with Gasteiger partial charge in [0.2, 0.25) is 5.91 Å². The standard InChI is InChI=1S/C15H26N4O/c1-2-14(11-16)19-9-7-18(8-10-19)12-15(20)17-13-5-3-4-6-13/h13-14H,2-10,12H2,1H3,(H,17,20). The van der Waals surface area contributed by atoms with Gasteiger partial charge in [0.05, 0.1) is 18.7 Å². The molecular weight excluding hydrogens is 252 g/mol. The van der Waals surface area contributed by atoms with Gasteiger partial charge in [-0.2, -0.15) is 5.26 Å². The topological polar surface area (TPSA) is 59.4 Å². The van der Waals surface area contributed by atoms with Crippen LogP contribution in [-0.4, -0.2) is 60.5 Å². The Kier molecular flexibility index (Phi) is 5.81. The Morgan fingerprint density at radius 2 is 1.95 bits per heavy atom. The summed E-state index contributed by atoms with van der Waals surface area (Å²) in [5, 5.41) is 12.2. The third kappa shape index (κ3) is 4.19. The fourth-order valence-electron chi connectivity index (χ4n) is 3.21. The minimum atomic E-state index is 0.0319. The monoisotopic (exact) mass is 278 g/mol. The Hall–Kier alpha value is -1.12. The summed E-state index contributed by atoms with van der Waals surface area (Å²) >= 11 is 0. The van der Waals surface area contributed by atoms with Gasteiger partial charge < -0.3 is 5.32 Å². The largest absolute Gasteiger partial charge is 0.352 e. The number of nitrogens with one attached hydrogen (secondary N) is 1. The predicted octanol–water partition coefficient (Wildman–Crippen LogP) is 0.965. The van der Waals surface area contributed by atoms with Gasteiger partial charge in [-0.05, 0) is 19.3 Å². The lowest BCUT2D eigenvalue weighted by Crippen LogP contribution is -2.52. The van der Waals surface area contributed by atoms with E-state index >= 15 is 0 Å². The molecule has 0 radical (unpaired) electrons. The van der Waals surface area contributed by atoms with E-state index in [2.05, 4.69) is 28.1 Å². The molecule has 0 aromatic heterocycles. The minimum absolute atomic E-state index is 0.0319. The van der Waals surface area contributed by atoms with Gasteiger partial charge in [-0.1, -0.05) is 19.8 Å². The third-order valence-electron chi connectivity index (χ3n) is 4.47. The molecule has 1 saturated carbocycles. The van der Waals surface area contributed by atoms with Gasteiger partial charge in [0.15, 0.2) is 0 Å². The Morgan fingerprint density at radius 3 is 2.50 bits per heavy atom. The van der Waals surface area contributed by atoms with Crippen LogP contribution >= 0.6 is 0 Å². The first-order chi connectivity index (χ1) is 9.72. The molecule has 0 aromatic carbocycles. The van der Waals surface area contributed by atoms with Crippen LogP contribution < -0.4 is 5.32 Å². The molecule has 1 aliphatic heterocycles. The van der Waals surface area contributed by atoms with Crippen LogP contribution in [0.3, 0.4) is 0 Å². The summed E-state index contributed by atoms with van der Waals surface area (Å²) in [6, 6.07) is 2.79. The molecular formula is C15H26N4O.